The number of allylic oxidation sites excluding steroid dienone is 5. The molecule has 0 unspecified atom stereocenters. The molecule has 2 aromatic rings. The molecular weight excluding hydrogens is 304 g/mol. The van der Waals surface area contributed by atoms with Gasteiger partial charge < -0.3 is 11.1 Å². The van der Waals surface area contributed by atoms with Crippen LogP contribution in [-0.2, 0) is 0 Å². The van der Waals surface area contributed by atoms with E-state index in [4.69, 9.17) is 11.1 Å². The maximum atomic E-state index is 7.97. The zero-order valence-corrected chi connectivity index (χ0v) is 15.3. The van der Waals surface area contributed by atoms with Crippen molar-refractivity contribution in [2.24, 2.45) is 0 Å². The molecule has 0 amide bonds. The van der Waals surface area contributed by atoms with Gasteiger partial charge in [-0.25, -0.2) is 0 Å². The maximum absolute atomic E-state index is 7.97. The van der Waals surface area contributed by atoms with Gasteiger partial charge in [-0.05, 0) is 96.5 Å². The second-order valence-corrected chi connectivity index (χ2v) is 6.78. The topological polar surface area (TPSA) is 49.9 Å². The predicted molar refractivity (Wildman–Crippen MR) is 108 cm³/mol. The number of hydrogen-bond donors (Lipinski definition) is 2. The minimum atomic E-state index is 0.566. The van der Waals surface area contributed by atoms with Crippen LogP contribution in [0.4, 0.5) is 5.69 Å². The van der Waals surface area contributed by atoms with Crippen molar-refractivity contribution in [3.05, 3.63) is 93.6 Å². The third-order valence-corrected chi connectivity index (χ3v) is 4.87. The molecule has 0 fully saturated rings. The van der Waals surface area contributed by atoms with Gasteiger partial charge in [-0.2, -0.15) is 0 Å². The maximum Gasteiger partial charge on any atom is 0.0569 e. The Morgan fingerprint density at radius 2 is 1.44 bits per heavy atom. The van der Waals surface area contributed by atoms with Crippen molar-refractivity contribution in [2.45, 2.75) is 27.7 Å². The number of nitrogens with two attached hydrogens (primary N) is 1. The number of anilines is 1. The van der Waals surface area contributed by atoms with Crippen LogP contribution in [0.25, 0.3) is 5.57 Å². The highest BCUT2D eigenvalue weighted by atomic mass is 14.5. The van der Waals surface area contributed by atoms with Crippen LogP contribution >= 0.6 is 0 Å². The van der Waals surface area contributed by atoms with Gasteiger partial charge in [0.1, 0.15) is 0 Å². The van der Waals surface area contributed by atoms with Crippen LogP contribution in [0.3, 0.4) is 0 Å². The lowest BCUT2D eigenvalue weighted by molar-refractivity contribution is 1.32. The first-order valence-electron chi connectivity index (χ1n) is 8.50. The summed E-state index contributed by atoms with van der Waals surface area (Å²) in [6.45, 7) is 8.29. The molecule has 0 aliphatic heterocycles. The molecule has 0 saturated carbocycles. The summed E-state index contributed by atoms with van der Waals surface area (Å²) in [6, 6.07) is 12.8. The van der Waals surface area contributed by atoms with E-state index in [1.54, 1.807) is 0 Å². The molecular formula is C23H24N2. The number of hydrogen-bond acceptors (Lipinski definition) is 2. The summed E-state index contributed by atoms with van der Waals surface area (Å²) in [5, 5.41) is 7.97. The fourth-order valence-electron chi connectivity index (χ4n) is 3.05. The predicted octanol–water partition coefficient (Wildman–Crippen LogP) is 5.53. The summed E-state index contributed by atoms with van der Waals surface area (Å²) in [4.78, 5) is 0. The molecule has 2 nitrogen and oxygen atoms in total. The number of nitrogen functional groups attached to an aromatic ring is 1. The molecule has 25 heavy (non-hydrogen) atoms. The van der Waals surface area contributed by atoms with E-state index in [2.05, 4.69) is 50.3 Å². The lowest BCUT2D eigenvalue weighted by Crippen LogP contribution is -2.02. The molecule has 126 valence electrons. The number of aryl methyl sites for hydroxylation is 3. The summed E-state index contributed by atoms with van der Waals surface area (Å²) >= 11 is 0. The fraction of sp³-hybridized carbons (Fsp3) is 0.174. The normalized spacial score (nSPS) is 16.0. The molecule has 1 aliphatic rings. The zero-order valence-electron chi connectivity index (χ0n) is 15.3. The molecule has 2 aromatic carbocycles. The number of benzene rings is 2. The highest BCUT2D eigenvalue weighted by Crippen LogP contribution is 2.33. The van der Waals surface area contributed by atoms with E-state index in [1.165, 1.54) is 22.3 Å². The van der Waals surface area contributed by atoms with E-state index in [0.29, 0.717) is 5.71 Å². The third-order valence-electron chi connectivity index (χ3n) is 4.87. The molecule has 3 rings (SSSR count). The van der Waals surface area contributed by atoms with Gasteiger partial charge in [0, 0.05) is 5.69 Å². The highest BCUT2D eigenvalue weighted by Gasteiger charge is 2.14. The summed E-state index contributed by atoms with van der Waals surface area (Å²) < 4.78 is 0. The molecule has 0 heterocycles. The SMILES string of the molecule is CC1=C/C(=C(\c2ccc(C)c(C)c2)c2ccc(N)c(C)c2)C=CC1=N. The van der Waals surface area contributed by atoms with Crippen molar-refractivity contribution >= 4 is 17.0 Å². The first kappa shape index (κ1) is 17.0. The Kier molecular flexibility index (Phi) is 4.45. The molecule has 3 N–H and O–H groups in total. The summed E-state index contributed by atoms with van der Waals surface area (Å²) in [7, 11) is 0. The number of nitrogens with one attached hydrogen (secondary N) is 1. The second-order valence-electron chi connectivity index (χ2n) is 6.78. The van der Waals surface area contributed by atoms with Gasteiger partial charge in [0.2, 0.25) is 0 Å². The first-order chi connectivity index (χ1) is 11.9. The zero-order chi connectivity index (χ0) is 18.1. The molecule has 0 aromatic heterocycles. The van der Waals surface area contributed by atoms with E-state index >= 15 is 0 Å². The van der Waals surface area contributed by atoms with E-state index in [-0.39, 0.29) is 0 Å². The Labute approximate surface area is 149 Å². The van der Waals surface area contributed by atoms with Crippen LogP contribution in [0.5, 0.6) is 0 Å². The van der Waals surface area contributed by atoms with Gasteiger partial charge in [0.05, 0.1) is 5.71 Å². The quantitative estimate of drug-likeness (QED) is 0.699. The average Bonchev–Trinajstić information content (AvgIpc) is 2.57. The smallest absolute Gasteiger partial charge is 0.0569 e. The van der Waals surface area contributed by atoms with Crippen molar-refractivity contribution in [2.75, 3.05) is 5.73 Å². The molecule has 0 radical (unpaired) electrons. The van der Waals surface area contributed by atoms with E-state index in [1.807, 2.05) is 32.1 Å². The average molecular weight is 328 g/mol. The molecule has 2 heteroatoms. The largest absolute Gasteiger partial charge is 0.399 e. The molecule has 0 saturated heterocycles. The van der Waals surface area contributed by atoms with Gasteiger partial charge >= 0.3 is 0 Å². The monoisotopic (exact) mass is 328 g/mol. The standard InChI is InChI=1S/C23H24N2/c1-14-5-6-18(11-15(14)2)23(19-7-9-21(24)16(3)12-19)20-8-10-22(25)17(4)13-20/h5-13,24H,25H2,1-4H3/b23-19+,24-21?. The van der Waals surface area contributed by atoms with Crippen molar-refractivity contribution in [3.63, 3.8) is 0 Å². The minimum Gasteiger partial charge on any atom is -0.399 e. The van der Waals surface area contributed by atoms with Crippen molar-refractivity contribution in [1.29, 1.82) is 5.41 Å². The molecule has 0 spiro atoms. The van der Waals surface area contributed by atoms with Gasteiger partial charge in [0.15, 0.2) is 0 Å². The summed E-state index contributed by atoms with van der Waals surface area (Å²) in [6.07, 6.45) is 6.00. The van der Waals surface area contributed by atoms with Crippen LogP contribution in [0.1, 0.15) is 34.7 Å². The van der Waals surface area contributed by atoms with Gasteiger partial charge in [0.25, 0.3) is 0 Å². The molecule has 0 atom stereocenters. The summed E-state index contributed by atoms with van der Waals surface area (Å²) in [5.74, 6) is 0. The van der Waals surface area contributed by atoms with E-state index < -0.39 is 0 Å². The van der Waals surface area contributed by atoms with Gasteiger partial charge in [-0.1, -0.05) is 30.3 Å². The Balaban J connectivity index is 2.28. The molecule has 1 aliphatic carbocycles. The van der Waals surface area contributed by atoms with Crippen molar-refractivity contribution in [3.8, 4) is 0 Å². The fourth-order valence-corrected chi connectivity index (χ4v) is 3.05. The van der Waals surface area contributed by atoms with Crippen molar-refractivity contribution in [1.82, 2.24) is 0 Å². The van der Waals surface area contributed by atoms with Crippen LogP contribution in [-0.4, -0.2) is 5.71 Å². The minimum absolute atomic E-state index is 0.566. The third kappa shape index (κ3) is 3.34. The Morgan fingerprint density at radius 1 is 0.800 bits per heavy atom. The van der Waals surface area contributed by atoms with Crippen molar-refractivity contribution < 1.29 is 0 Å². The van der Waals surface area contributed by atoms with Crippen LogP contribution in [0, 0.1) is 26.2 Å². The first-order valence-corrected chi connectivity index (χ1v) is 8.50. The lowest BCUT2D eigenvalue weighted by Gasteiger charge is -2.17. The lowest BCUT2D eigenvalue weighted by atomic mass is 9.87. The van der Waals surface area contributed by atoms with E-state index in [0.717, 1.165) is 28.0 Å². The summed E-state index contributed by atoms with van der Waals surface area (Å²) in [5.41, 5.74) is 16.6. The highest BCUT2D eigenvalue weighted by molar-refractivity contribution is 6.08. The Hall–Kier alpha value is -2.87. The van der Waals surface area contributed by atoms with E-state index in [9.17, 15) is 0 Å². The second kappa shape index (κ2) is 6.56. The Bertz CT molecular complexity index is 903. The number of rotatable bonds is 2. The van der Waals surface area contributed by atoms with Crippen LogP contribution in [0.15, 0.2) is 65.8 Å². The van der Waals surface area contributed by atoms with Crippen LogP contribution in [0.2, 0.25) is 0 Å². The van der Waals surface area contributed by atoms with Gasteiger partial charge in [-0.3, -0.25) is 0 Å². The van der Waals surface area contributed by atoms with Crippen LogP contribution < -0.4 is 5.73 Å². The van der Waals surface area contributed by atoms with Gasteiger partial charge in [-0.15, -0.1) is 0 Å². The Morgan fingerprint density at radius 3 is 2.04 bits per heavy atom. The molecule has 0 bridgehead atoms.